The molecular formula is C24H20N2O3. The van der Waals surface area contributed by atoms with Gasteiger partial charge in [-0.05, 0) is 59.2 Å². The summed E-state index contributed by atoms with van der Waals surface area (Å²) < 4.78 is 5.12. The second-order valence-corrected chi connectivity index (χ2v) is 6.71. The molecule has 0 atom stereocenters. The molecule has 0 saturated heterocycles. The molecule has 29 heavy (non-hydrogen) atoms. The van der Waals surface area contributed by atoms with Crippen molar-refractivity contribution < 1.29 is 14.3 Å². The first kappa shape index (κ1) is 18.5. The van der Waals surface area contributed by atoms with Crippen molar-refractivity contribution in [2.75, 3.05) is 12.4 Å². The minimum atomic E-state index is -0.210. The average molecular weight is 384 g/mol. The lowest BCUT2D eigenvalue weighted by atomic mass is 9.94. The Hall–Kier alpha value is -3.86. The van der Waals surface area contributed by atoms with Gasteiger partial charge in [0.1, 0.15) is 5.75 Å². The lowest BCUT2D eigenvalue weighted by molar-refractivity contribution is -0.115. The molecule has 0 unspecified atom stereocenters. The number of carbonyl (C=O) groups excluding carboxylic acids is 2. The molecule has 5 heteroatoms. The average Bonchev–Trinajstić information content (AvgIpc) is 2.76. The molecule has 144 valence electrons. The van der Waals surface area contributed by atoms with Crippen molar-refractivity contribution in [1.29, 1.82) is 0 Å². The fraction of sp³-hybridized carbons (Fsp3) is 0.0833. The second-order valence-electron chi connectivity index (χ2n) is 6.71. The number of amides is 2. The van der Waals surface area contributed by atoms with Crippen LogP contribution in [0.15, 0.2) is 72.8 Å². The highest BCUT2D eigenvalue weighted by atomic mass is 16.5. The Kier molecular flexibility index (Phi) is 5.12. The van der Waals surface area contributed by atoms with Crippen LogP contribution in [0, 0.1) is 0 Å². The smallest absolute Gasteiger partial charge is 0.255 e. The quantitative estimate of drug-likeness (QED) is 0.665. The zero-order valence-electron chi connectivity index (χ0n) is 15.9. The predicted octanol–water partition coefficient (Wildman–Crippen LogP) is 4.12. The number of benzene rings is 3. The van der Waals surface area contributed by atoms with Crippen LogP contribution in [-0.2, 0) is 11.3 Å². The third-order valence-electron chi connectivity index (χ3n) is 4.80. The number of hydrogen-bond acceptors (Lipinski definition) is 3. The van der Waals surface area contributed by atoms with Crippen molar-refractivity contribution in [3.63, 3.8) is 0 Å². The second kappa shape index (κ2) is 8.02. The van der Waals surface area contributed by atoms with Crippen LogP contribution in [0.1, 0.15) is 27.0 Å². The lowest BCUT2D eigenvalue weighted by Gasteiger charge is -2.19. The maximum atomic E-state index is 12.5. The third-order valence-corrected chi connectivity index (χ3v) is 4.80. The first-order valence-corrected chi connectivity index (χ1v) is 9.28. The summed E-state index contributed by atoms with van der Waals surface area (Å²) in [5.41, 5.74) is 4.66. The largest absolute Gasteiger partial charge is 0.497 e. The Bertz CT molecular complexity index is 1100. The molecule has 0 bridgehead atoms. The molecule has 3 aromatic carbocycles. The molecule has 0 fully saturated rings. The van der Waals surface area contributed by atoms with E-state index in [4.69, 9.17) is 4.74 Å². The fourth-order valence-electron chi connectivity index (χ4n) is 3.29. The van der Waals surface area contributed by atoms with Crippen molar-refractivity contribution in [1.82, 2.24) is 5.32 Å². The van der Waals surface area contributed by atoms with Gasteiger partial charge in [0.15, 0.2) is 0 Å². The molecule has 0 radical (unpaired) electrons. The minimum Gasteiger partial charge on any atom is -0.497 e. The van der Waals surface area contributed by atoms with Gasteiger partial charge in [-0.15, -0.1) is 0 Å². The molecule has 3 aromatic rings. The molecule has 0 aromatic heterocycles. The Balaban J connectivity index is 1.58. The van der Waals surface area contributed by atoms with Gasteiger partial charge in [0.05, 0.1) is 7.11 Å². The number of anilines is 1. The van der Waals surface area contributed by atoms with E-state index in [1.54, 1.807) is 31.4 Å². The summed E-state index contributed by atoms with van der Waals surface area (Å²) in [7, 11) is 1.58. The van der Waals surface area contributed by atoms with Crippen LogP contribution in [-0.4, -0.2) is 18.9 Å². The maximum absolute atomic E-state index is 12.5. The zero-order valence-corrected chi connectivity index (χ0v) is 15.9. The van der Waals surface area contributed by atoms with Gasteiger partial charge in [0.2, 0.25) is 0 Å². The number of ether oxygens (including phenoxy) is 1. The van der Waals surface area contributed by atoms with E-state index >= 15 is 0 Å². The van der Waals surface area contributed by atoms with Gasteiger partial charge in [-0.3, -0.25) is 9.59 Å². The monoisotopic (exact) mass is 384 g/mol. The van der Waals surface area contributed by atoms with Crippen LogP contribution in [0.25, 0.3) is 11.6 Å². The van der Waals surface area contributed by atoms with E-state index < -0.39 is 0 Å². The number of methoxy groups -OCH3 is 1. The number of hydrogen-bond donors (Lipinski definition) is 2. The summed E-state index contributed by atoms with van der Waals surface area (Å²) in [6, 6.07) is 22.2. The van der Waals surface area contributed by atoms with E-state index in [2.05, 4.69) is 10.6 Å². The highest BCUT2D eigenvalue weighted by Crippen LogP contribution is 2.26. The summed E-state index contributed by atoms with van der Waals surface area (Å²) in [6.45, 7) is 0.532. The first-order chi connectivity index (χ1) is 14.1. The first-order valence-electron chi connectivity index (χ1n) is 9.28. The number of nitrogens with one attached hydrogen (secondary N) is 2. The standard InChI is InChI=1S/C24H20N2O3/c1-29-20-11-9-17(10-12-20)23(27)26-19-7-4-5-16(13-19)14-22-21-8-3-2-6-18(21)15-25-24(22)28/h2-14H,15H2,1H3,(H,25,28)(H,26,27)/b22-14-. The highest BCUT2D eigenvalue weighted by Gasteiger charge is 2.20. The molecule has 1 heterocycles. The Morgan fingerprint density at radius 3 is 2.62 bits per heavy atom. The summed E-state index contributed by atoms with van der Waals surface area (Å²) in [5.74, 6) is 0.385. The van der Waals surface area contributed by atoms with Crippen LogP contribution < -0.4 is 15.4 Å². The summed E-state index contributed by atoms with van der Waals surface area (Å²) in [5, 5.41) is 5.79. The van der Waals surface area contributed by atoms with Crippen LogP contribution in [0.2, 0.25) is 0 Å². The van der Waals surface area contributed by atoms with Crippen molar-refractivity contribution in [2.24, 2.45) is 0 Å². The molecule has 0 aliphatic carbocycles. The summed E-state index contributed by atoms with van der Waals surface area (Å²) in [6.07, 6.45) is 1.84. The molecule has 2 N–H and O–H groups in total. The van der Waals surface area contributed by atoms with E-state index in [0.29, 0.717) is 29.1 Å². The summed E-state index contributed by atoms with van der Waals surface area (Å²) >= 11 is 0. The van der Waals surface area contributed by atoms with Gasteiger partial charge >= 0.3 is 0 Å². The van der Waals surface area contributed by atoms with Gasteiger partial charge < -0.3 is 15.4 Å². The number of fused-ring (bicyclic) bond motifs is 1. The van der Waals surface area contributed by atoms with E-state index in [1.165, 1.54) is 0 Å². The Morgan fingerprint density at radius 1 is 1.03 bits per heavy atom. The van der Waals surface area contributed by atoms with E-state index in [9.17, 15) is 9.59 Å². The van der Waals surface area contributed by atoms with E-state index in [-0.39, 0.29) is 11.8 Å². The van der Waals surface area contributed by atoms with Crippen molar-refractivity contribution in [2.45, 2.75) is 6.54 Å². The molecule has 1 aliphatic heterocycles. The molecule has 4 rings (SSSR count). The SMILES string of the molecule is COc1ccc(C(=O)Nc2cccc(/C=C3\C(=O)NCc4ccccc43)c2)cc1. The fourth-order valence-corrected chi connectivity index (χ4v) is 3.29. The molecule has 5 nitrogen and oxygen atoms in total. The van der Waals surface area contributed by atoms with E-state index in [0.717, 1.165) is 16.7 Å². The van der Waals surface area contributed by atoms with Crippen LogP contribution in [0.4, 0.5) is 5.69 Å². The normalized spacial score (nSPS) is 14.1. The van der Waals surface area contributed by atoms with Gasteiger partial charge in [0.25, 0.3) is 11.8 Å². The summed E-state index contributed by atoms with van der Waals surface area (Å²) in [4.78, 5) is 24.9. The van der Waals surface area contributed by atoms with Crippen LogP contribution in [0.3, 0.4) is 0 Å². The molecule has 0 spiro atoms. The minimum absolute atomic E-state index is 0.101. The van der Waals surface area contributed by atoms with Crippen molar-refractivity contribution in [3.8, 4) is 5.75 Å². The van der Waals surface area contributed by atoms with Crippen molar-refractivity contribution >= 4 is 29.2 Å². The van der Waals surface area contributed by atoms with Gasteiger partial charge in [0, 0.05) is 23.4 Å². The van der Waals surface area contributed by atoms with Gasteiger partial charge in [-0.2, -0.15) is 0 Å². The van der Waals surface area contributed by atoms with Crippen molar-refractivity contribution in [3.05, 3.63) is 95.1 Å². The Morgan fingerprint density at radius 2 is 1.83 bits per heavy atom. The Labute approximate surface area is 169 Å². The van der Waals surface area contributed by atoms with E-state index in [1.807, 2.05) is 54.6 Å². The molecular weight excluding hydrogens is 364 g/mol. The third kappa shape index (κ3) is 4.04. The van der Waals surface area contributed by atoms with Gasteiger partial charge in [-0.25, -0.2) is 0 Å². The number of rotatable bonds is 4. The molecule has 0 saturated carbocycles. The topological polar surface area (TPSA) is 67.4 Å². The van der Waals surface area contributed by atoms with Crippen LogP contribution >= 0.6 is 0 Å². The highest BCUT2D eigenvalue weighted by molar-refractivity contribution is 6.25. The predicted molar refractivity (Wildman–Crippen MR) is 114 cm³/mol. The van der Waals surface area contributed by atoms with Crippen LogP contribution in [0.5, 0.6) is 5.75 Å². The maximum Gasteiger partial charge on any atom is 0.255 e. The lowest BCUT2D eigenvalue weighted by Crippen LogP contribution is -2.29. The zero-order chi connectivity index (χ0) is 20.2. The number of carbonyl (C=O) groups is 2. The molecule has 1 aliphatic rings. The van der Waals surface area contributed by atoms with Gasteiger partial charge in [-0.1, -0.05) is 36.4 Å². The molecule has 2 amide bonds.